The van der Waals surface area contributed by atoms with Crippen LogP contribution in [0.2, 0.25) is 0 Å². The smallest absolute Gasteiger partial charge is 0.322 e. The van der Waals surface area contributed by atoms with Gasteiger partial charge in [-0.2, -0.15) is 0 Å². The van der Waals surface area contributed by atoms with Crippen LogP contribution in [0, 0.1) is 0 Å². The van der Waals surface area contributed by atoms with Crippen molar-refractivity contribution in [3.63, 3.8) is 0 Å². The van der Waals surface area contributed by atoms with Gasteiger partial charge in [-0.1, -0.05) is 36.9 Å². The highest BCUT2D eigenvalue weighted by Crippen LogP contribution is 2.34. The standard InChI is InChI=1S/C23H28N2O3/c1-17(2)16-28-20-10-6-9-19(15-20)24-23(27)25(13-14-26)22-12-5-8-18-7-3-4-11-21(18)22/h3-4,6-7,9-11,15,22,26H,1,5,8,12-14,16H2,2H3,(H,24,27)/t22-/m1/s1. The third-order valence-corrected chi connectivity index (χ3v) is 4.89. The second-order valence-electron chi connectivity index (χ2n) is 7.23. The summed E-state index contributed by atoms with van der Waals surface area (Å²) in [6.45, 7) is 6.38. The molecule has 2 N–H and O–H groups in total. The molecule has 2 aromatic carbocycles. The summed E-state index contributed by atoms with van der Waals surface area (Å²) in [6, 6.07) is 15.3. The molecule has 0 aliphatic heterocycles. The third-order valence-electron chi connectivity index (χ3n) is 4.89. The Morgan fingerprint density at radius 2 is 2.11 bits per heavy atom. The zero-order valence-electron chi connectivity index (χ0n) is 16.4. The van der Waals surface area contributed by atoms with Crippen molar-refractivity contribution in [1.82, 2.24) is 4.90 Å². The van der Waals surface area contributed by atoms with Gasteiger partial charge in [0.05, 0.1) is 12.6 Å². The number of fused-ring (bicyclic) bond motifs is 1. The summed E-state index contributed by atoms with van der Waals surface area (Å²) < 4.78 is 5.66. The SMILES string of the molecule is C=C(C)COc1cccc(NC(=O)N(CCO)[C@@H]2CCCc3ccccc32)c1. The Hall–Kier alpha value is -2.79. The minimum Gasteiger partial charge on any atom is -0.489 e. The zero-order chi connectivity index (χ0) is 19.9. The van der Waals surface area contributed by atoms with Crippen molar-refractivity contribution >= 4 is 11.7 Å². The van der Waals surface area contributed by atoms with Crippen LogP contribution in [0.1, 0.15) is 36.9 Å². The summed E-state index contributed by atoms with van der Waals surface area (Å²) >= 11 is 0. The van der Waals surface area contributed by atoms with Crippen molar-refractivity contribution in [1.29, 1.82) is 0 Å². The highest BCUT2D eigenvalue weighted by molar-refractivity contribution is 5.90. The largest absolute Gasteiger partial charge is 0.489 e. The van der Waals surface area contributed by atoms with E-state index in [1.54, 1.807) is 11.0 Å². The predicted molar refractivity (Wildman–Crippen MR) is 112 cm³/mol. The molecule has 2 amide bonds. The topological polar surface area (TPSA) is 61.8 Å². The maximum Gasteiger partial charge on any atom is 0.322 e. The molecule has 1 atom stereocenters. The molecule has 0 bridgehead atoms. The first-order valence-electron chi connectivity index (χ1n) is 9.72. The van der Waals surface area contributed by atoms with Gasteiger partial charge in [0.2, 0.25) is 0 Å². The number of aliphatic hydroxyl groups excluding tert-OH is 1. The average molecular weight is 380 g/mol. The van der Waals surface area contributed by atoms with Crippen molar-refractivity contribution in [2.75, 3.05) is 25.1 Å². The van der Waals surface area contributed by atoms with E-state index >= 15 is 0 Å². The molecule has 3 rings (SSSR count). The second-order valence-corrected chi connectivity index (χ2v) is 7.23. The molecule has 0 aromatic heterocycles. The van der Waals surface area contributed by atoms with Gasteiger partial charge in [0.25, 0.3) is 0 Å². The Bertz CT molecular complexity index is 834. The summed E-state index contributed by atoms with van der Waals surface area (Å²) in [6.07, 6.45) is 2.96. The van der Waals surface area contributed by atoms with Crippen LogP contribution >= 0.6 is 0 Å². The quantitative estimate of drug-likeness (QED) is 0.693. The van der Waals surface area contributed by atoms with Crippen molar-refractivity contribution in [2.24, 2.45) is 0 Å². The molecule has 0 saturated carbocycles. The third kappa shape index (κ3) is 4.93. The van der Waals surface area contributed by atoms with Crippen LogP contribution in [-0.2, 0) is 6.42 Å². The van der Waals surface area contributed by atoms with Crippen LogP contribution in [0.25, 0.3) is 0 Å². The summed E-state index contributed by atoms with van der Waals surface area (Å²) in [4.78, 5) is 14.8. The molecule has 0 saturated heterocycles. The van der Waals surface area contributed by atoms with E-state index < -0.39 is 0 Å². The number of ether oxygens (including phenoxy) is 1. The van der Waals surface area contributed by atoms with Crippen molar-refractivity contribution in [2.45, 2.75) is 32.2 Å². The van der Waals surface area contributed by atoms with Gasteiger partial charge in [-0.3, -0.25) is 0 Å². The number of urea groups is 1. The Balaban J connectivity index is 1.76. The molecule has 0 fully saturated rings. The molecule has 148 valence electrons. The lowest BCUT2D eigenvalue weighted by Gasteiger charge is -2.35. The van der Waals surface area contributed by atoms with Gasteiger partial charge in [0.1, 0.15) is 12.4 Å². The van der Waals surface area contributed by atoms with Gasteiger partial charge in [0, 0.05) is 18.3 Å². The number of nitrogens with zero attached hydrogens (tertiary/aromatic N) is 1. The Morgan fingerprint density at radius 3 is 2.89 bits per heavy atom. The number of hydrogen-bond donors (Lipinski definition) is 2. The van der Waals surface area contributed by atoms with E-state index in [9.17, 15) is 9.90 Å². The van der Waals surface area contributed by atoms with E-state index in [0.29, 0.717) is 18.0 Å². The van der Waals surface area contributed by atoms with Crippen LogP contribution in [0.3, 0.4) is 0 Å². The van der Waals surface area contributed by atoms with Crippen LogP contribution < -0.4 is 10.1 Å². The van der Waals surface area contributed by atoms with Crippen LogP contribution in [-0.4, -0.2) is 35.8 Å². The molecule has 2 aromatic rings. The van der Waals surface area contributed by atoms with E-state index in [4.69, 9.17) is 4.74 Å². The van der Waals surface area contributed by atoms with Gasteiger partial charge in [0.15, 0.2) is 0 Å². The monoisotopic (exact) mass is 380 g/mol. The number of hydrogen-bond acceptors (Lipinski definition) is 3. The van der Waals surface area contributed by atoms with E-state index in [2.05, 4.69) is 24.0 Å². The zero-order valence-corrected chi connectivity index (χ0v) is 16.4. The van der Waals surface area contributed by atoms with E-state index in [-0.39, 0.29) is 25.2 Å². The highest BCUT2D eigenvalue weighted by atomic mass is 16.5. The van der Waals surface area contributed by atoms with Crippen molar-refractivity contribution in [3.05, 3.63) is 71.8 Å². The van der Waals surface area contributed by atoms with Gasteiger partial charge < -0.3 is 20.1 Å². The normalized spacial score (nSPS) is 15.4. The maximum absolute atomic E-state index is 13.0. The first-order chi connectivity index (χ1) is 13.6. The van der Waals surface area contributed by atoms with E-state index in [1.165, 1.54) is 11.1 Å². The Kier molecular flexibility index (Phi) is 6.71. The molecule has 0 spiro atoms. The summed E-state index contributed by atoms with van der Waals surface area (Å²) in [5.74, 6) is 0.678. The molecule has 28 heavy (non-hydrogen) atoms. The number of aliphatic hydroxyl groups is 1. The number of carbonyl (C=O) groups excluding carboxylic acids is 1. The van der Waals surface area contributed by atoms with Crippen LogP contribution in [0.5, 0.6) is 5.75 Å². The predicted octanol–water partition coefficient (Wildman–Crippen LogP) is 4.55. The lowest BCUT2D eigenvalue weighted by Crippen LogP contribution is -2.41. The molecule has 0 heterocycles. The number of anilines is 1. The van der Waals surface area contributed by atoms with E-state index in [0.717, 1.165) is 24.8 Å². The molecular weight excluding hydrogens is 352 g/mol. The van der Waals surface area contributed by atoms with Crippen LogP contribution in [0.4, 0.5) is 10.5 Å². The van der Waals surface area contributed by atoms with E-state index in [1.807, 2.05) is 37.3 Å². The first kappa shape index (κ1) is 20.0. The molecule has 1 aliphatic rings. The molecular formula is C23H28N2O3. The van der Waals surface area contributed by atoms with Gasteiger partial charge in [-0.05, 0) is 55.0 Å². The number of rotatable bonds is 7. The Labute approximate surface area is 166 Å². The fraction of sp³-hybridized carbons (Fsp3) is 0.348. The van der Waals surface area contributed by atoms with Gasteiger partial charge in [-0.25, -0.2) is 4.79 Å². The van der Waals surface area contributed by atoms with Gasteiger partial charge >= 0.3 is 6.03 Å². The van der Waals surface area contributed by atoms with Gasteiger partial charge in [-0.15, -0.1) is 0 Å². The summed E-state index contributed by atoms with van der Waals surface area (Å²) in [5.41, 5.74) is 4.05. The molecule has 5 heteroatoms. The lowest BCUT2D eigenvalue weighted by molar-refractivity contribution is 0.155. The second kappa shape index (κ2) is 9.42. The summed E-state index contributed by atoms with van der Waals surface area (Å²) in [5, 5.41) is 12.5. The number of benzene rings is 2. The fourth-order valence-corrected chi connectivity index (χ4v) is 3.62. The molecule has 1 aliphatic carbocycles. The lowest BCUT2D eigenvalue weighted by atomic mass is 9.87. The number of carbonyl (C=O) groups is 1. The molecule has 0 unspecified atom stereocenters. The summed E-state index contributed by atoms with van der Waals surface area (Å²) in [7, 11) is 0. The van der Waals surface area contributed by atoms with Crippen LogP contribution in [0.15, 0.2) is 60.7 Å². The number of nitrogens with one attached hydrogen (secondary N) is 1. The average Bonchev–Trinajstić information content (AvgIpc) is 2.70. The minimum atomic E-state index is -0.215. The fourth-order valence-electron chi connectivity index (χ4n) is 3.62. The Morgan fingerprint density at radius 1 is 1.29 bits per heavy atom. The highest BCUT2D eigenvalue weighted by Gasteiger charge is 2.28. The van der Waals surface area contributed by atoms with Crippen molar-refractivity contribution < 1.29 is 14.6 Å². The number of aryl methyl sites for hydroxylation is 1. The van der Waals surface area contributed by atoms with Crippen molar-refractivity contribution in [3.8, 4) is 5.75 Å². The maximum atomic E-state index is 13.0. The minimum absolute atomic E-state index is 0.0278. The number of amides is 2. The molecule has 0 radical (unpaired) electrons. The first-order valence-corrected chi connectivity index (χ1v) is 9.72. The molecule has 5 nitrogen and oxygen atoms in total.